The molecule has 0 N–H and O–H groups in total. The van der Waals surface area contributed by atoms with Crippen LogP contribution in [0.3, 0.4) is 0 Å². The first-order valence-electron chi connectivity index (χ1n) is 13.4. The van der Waals surface area contributed by atoms with E-state index >= 15 is 0 Å². The summed E-state index contributed by atoms with van der Waals surface area (Å²) in [5.74, 6) is 0.124. The zero-order valence-electron chi connectivity index (χ0n) is 23.6. The molecule has 2 aromatic heterocycles. The molecule has 0 saturated heterocycles. The highest BCUT2D eigenvalue weighted by atomic mass is 32.1. The van der Waals surface area contributed by atoms with Crippen molar-refractivity contribution in [3.05, 3.63) is 114 Å². The SMILES string of the molecule is CCOC(=O)C1=C(C)N=c2s/c(=C\c3cc(C)n(-c4ccc(C)cc4)c3C)c(=O)n2[C@@H]1c1ccccc1OCC. The van der Waals surface area contributed by atoms with Crippen LogP contribution in [-0.4, -0.2) is 28.3 Å². The number of benzene rings is 2. The van der Waals surface area contributed by atoms with Gasteiger partial charge in [-0.1, -0.05) is 47.2 Å². The van der Waals surface area contributed by atoms with Crippen molar-refractivity contribution in [2.75, 3.05) is 13.2 Å². The van der Waals surface area contributed by atoms with Gasteiger partial charge in [0.05, 0.1) is 29.0 Å². The number of esters is 1. The molecule has 0 unspecified atom stereocenters. The lowest BCUT2D eigenvalue weighted by atomic mass is 9.95. The number of carbonyl (C=O) groups excluding carboxylic acids is 1. The van der Waals surface area contributed by atoms with E-state index in [0.29, 0.717) is 38.5 Å². The minimum atomic E-state index is -0.722. The second-order valence-electron chi connectivity index (χ2n) is 9.77. The molecule has 7 nitrogen and oxygen atoms in total. The summed E-state index contributed by atoms with van der Waals surface area (Å²) in [6.07, 6.45) is 1.92. The molecule has 0 spiro atoms. The minimum Gasteiger partial charge on any atom is -0.494 e. The molecule has 0 saturated carbocycles. The van der Waals surface area contributed by atoms with Crippen molar-refractivity contribution in [3.63, 3.8) is 0 Å². The average Bonchev–Trinajstić information content (AvgIpc) is 3.38. The third-order valence-electron chi connectivity index (χ3n) is 7.08. The lowest BCUT2D eigenvalue weighted by Crippen LogP contribution is -2.40. The lowest BCUT2D eigenvalue weighted by Gasteiger charge is -2.26. The van der Waals surface area contributed by atoms with E-state index in [0.717, 1.165) is 22.6 Å². The third-order valence-corrected chi connectivity index (χ3v) is 8.06. The highest BCUT2D eigenvalue weighted by Gasteiger charge is 2.35. The zero-order valence-corrected chi connectivity index (χ0v) is 24.5. The van der Waals surface area contributed by atoms with Gasteiger partial charge in [0.1, 0.15) is 11.8 Å². The smallest absolute Gasteiger partial charge is 0.338 e. The zero-order chi connectivity index (χ0) is 28.6. The average molecular weight is 556 g/mol. The van der Waals surface area contributed by atoms with Crippen molar-refractivity contribution >= 4 is 23.4 Å². The van der Waals surface area contributed by atoms with E-state index in [-0.39, 0.29) is 12.2 Å². The monoisotopic (exact) mass is 555 g/mol. The van der Waals surface area contributed by atoms with Crippen molar-refractivity contribution in [1.29, 1.82) is 0 Å². The molecule has 1 aliphatic heterocycles. The Morgan fingerprint density at radius 1 is 1.02 bits per heavy atom. The summed E-state index contributed by atoms with van der Waals surface area (Å²) in [6, 6.07) is 17.3. The van der Waals surface area contributed by atoms with Crippen molar-refractivity contribution in [2.24, 2.45) is 4.99 Å². The Balaban J connectivity index is 1.71. The number of nitrogens with zero attached hydrogens (tertiary/aromatic N) is 3. The van der Waals surface area contributed by atoms with Crippen LogP contribution in [0.5, 0.6) is 5.75 Å². The molecule has 0 amide bonds. The first kappa shape index (κ1) is 27.4. The first-order chi connectivity index (χ1) is 19.2. The Kier molecular flexibility index (Phi) is 7.63. The molecule has 206 valence electrons. The van der Waals surface area contributed by atoms with Gasteiger partial charge in [-0.05, 0) is 77.4 Å². The Hall–Kier alpha value is -4.17. The molecule has 0 radical (unpaired) electrons. The summed E-state index contributed by atoms with van der Waals surface area (Å²) < 4.78 is 15.7. The molecular formula is C32H33N3O4S. The van der Waals surface area contributed by atoms with Gasteiger partial charge >= 0.3 is 5.97 Å². The van der Waals surface area contributed by atoms with E-state index in [1.54, 1.807) is 18.4 Å². The van der Waals surface area contributed by atoms with E-state index in [2.05, 4.69) is 55.7 Å². The highest BCUT2D eigenvalue weighted by molar-refractivity contribution is 7.07. The Morgan fingerprint density at radius 2 is 1.75 bits per heavy atom. The van der Waals surface area contributed by atoms with Crippen LogP contribution in [0.1, 0.15) is 54.9 Å². The Morgan fingerprint density at radius 3 is 2.45 bits per heavy atom. The molecule has 0 bridgehead atoms. The lowest BCUT2D eigenvalue weighted by molar-refractivity contribution is -0.139. The van der Waals surface area contributed by atoms with Crippen LogP contribution in [0.25, 0.3) is 11.8 Å². The molecule has 2 aromatic carbocycles. The number of para-hydroxylation sites is 1. The molecular weight excluding hydrogens is 522 g/mol. The second-order valence-corrected chi connectivity index (χ2v) is 10.8. The van der Waals surface area contributed by atoms with Crippen molar-refractivity contribution < 1.29 is 14.3 Å². The fraction of sp³-hybridized carbons (Fsp3) is 0.281. The number of aromatic nitrogens is 2. The molecule has 1 aliphatic rings. The van der Waals surface area contributed by atoms with Gasteiger partial charge in [0.15, 0.2) is 4.80 Å². The van der Waals surface area contributed by atoms with Gasteiger partial charge in [0.2, 0.25) is 0 Å². The largest absolute Gasteiger partial charge is 0.494 e. The van der Waals surface area contributed by atoms with E-state index < -0.39 is 12.0 Å². The minimum absolute atomic E-state index is 0.213. The molecule has 1 atom stereocenters. The number of thiazole rings is 1. The van der Waals surface area contributed by atoms with Crippen LogP contribution >= 0.6 is 11.3 Å². The van der Waals surface area contributed by atoms with Gasteiger partial charge < -0.3 is 14.0 Å². The maximum absolute atomic E-state index is 14.1. The number of rotatable bonds is 7. The number of ether oxygens (including phenoxy) is 2. The van der Waals surface area contributed by atoms with Crippen LogP contribution in [-0.2, 0) is 9.53 Å². The quantitative estimate of drug-likeness (QED) is 0.304. The number of fused-ring (bicyclic) bond motifs is 1. The van der Waals surface area contributed by atoms with Crippen LogP contribution in [0, 0.1) is 20.8 Å². The summed E-state index contributed by atoms with van der Waals surface area (Å²) in [4.78, 5) is 32.5. The van der Waals surface area contributed by atoms with E-state index in [9.17, 15) is 9.59 Å². The van der Waals surface area contributed by atoms with Gasteiger partial charge in [-0.25, -0.2) is 9.79 Å². The fourth-order valence-corrected chi connectivity index (χ4v) is 6.28. The molecule has 5 rings (SSSR count). The van der Waals surface area contributed by atoms with E-state index in [4.69, 9.17) is 14.5 Å². The van der Waals surface area contributed by atoms with E-state index in [1.807, 2.05) is 37.3 Å². The van der Waals surface area contributed by atoms with Gasteiger partial charge in [0, 0.05) is 22.6 Å². The topological polar surface area (TPSA) is 74.8 Å². The molecule has 0 aliphatic carbocycles. The third kappa shape index (κ3) is 4.84. The highest BCUT2D eigenvalue weighted by Crippen LogP contribution is 2.36. The van der Waals surface area contributed by atoms with Gasteiger partial charge in [0.25, 0.3) is 5.56 Å². The predicted molar refractivity (Wildman–Crippen MR) is 158 cm³/mol. The van der Waals surface area contributed by atoms with Gasteiger partial charge in [-0.15, -0.1) is 0 Å². The molecule has 3 heterocycles. The number of hydrogen-bond acceptors (Lipinski definition) is 6. The molecule has 0 fully saturated rings. The van der Waals surface area contributed by atoms with Gasteiger partial charge in [-0.3, -0.25) is 9.36 Å². The number of hydrogen-bond donors (Lipinski definition) is 0. The van der Waals surface area contributed by atoms with Crippen LogP contribution in [0.4, 0.5) is 0 Å². The van der Waals surface area contributed by atoms with Crippen molar-refractivity contribution in [3.8, 4) is 11.4 Å². The van der Waals surface area contributed by atoms with Gasteiger partial charge in [-0.2, -0.15) is 0 Å². The van der Waals surface area contributed by atoms with Crippen molar-refractivity contribution in [2.45, 2.75) is 47.6 Å². The normalized spacial score (nSPS) is 15.2. The summed E-state index contributed by atoms with van der Waals surface area (Å²) in [7, 11) is 0. The Bertz CT molecular complexity index is 1810. The summed E-state index contributed by atoms with van der Waals surface area (Å²) in [6.45, 7) is 12.3. The number of aryl methyl sites for hydroxylation is 2. The fourth-order valence-electron chi connectivity index (χ4n) is 5.25. The number of allylic oxidation sites excluding steroid dienone is 1. The van der Waals surface area contributed by atoms with Crippen LogP contribution in [0.15, 0.2) is 75.7 Å². The summed E-state index contributed by atoms with van der Waals surface area (Å²) in [5, 5.41) is 0. The molecule has 8 heteroatoms. The standard InChI is InChI=1S/C32H33N3O4S/c1-7-38-26-12-10-9-11-25(26)29-28(31(37)39-8-2)21(5)33-32-35(29)30(36)27(40-32)18-23-17-20(4)34(22(23)6)24-15-13-19(3)14-16-24/h9-18,29H,7-8H2,1-6H3/b27-18-/t29-/m1/s1. The van der Waals surface area contributed by atoms with Crippen LogP contribution in [0.2, 0.25) is 0 Å². The first-order valence-corrected chi connectivity index (χ1v) is 14.2. The summed E-state index contributed by atoms with van der Waals surface area (Å²) >= 11 is 1.32. The molecule has 40 heavy (non-hydrogen) atoms. The predicted octanol–water partition coefficient (Wildman–Crippen LogP) is 4.91. The second kappa shape index (κ2) is 11.1. The van der Waals surface area contributed by atoms with Crippen LogP contribution < -0.4 is 19.6 Å². The number of carbonyl (C=O) groups is 1. The Labute approximate surface area is 237 Å². The van der Waals surface area contributed by atoms with E-state index in [1.165, 1.54) is 16.9 Å². The maximum Gasteiger partial charge on any atom is 0.338 e. The molecule has 4 aromatic rings. The van der Waals surface area contributed by atoms with Crippen molar-refractivity contribution in [1.82, 2.24) is 9.13 Å². The maximum atomic E-state index is 14.1. The summed E-state index contributed by atoms with van der Waals surface area (Å²) in [5.41, 5.74) is 6.70.